The highest BCUT2D eigenvalue weighted by Crippen LogP contribution is 2.21. The first kappa shape index (κ1) is 16.4. The third-order valence-electron chi connectivity index (χ3n) is 3.89. The average Bonchev–Trinajstić information content (AvgIpc) is 2.45. The van der Waals surface area contributed by atoms with Crippen LogP contribution in [0, 0.1) is 11.7 Å². The molecule has 0 bridgehead atoms. The van der Waals surface area contributed by atoms with E-state index in [9.17, 15) is 12.8 Å². The van der Waals surface area contributed by atoms with Gasteiger partial charge in [0.05, 0.1) is 5.75 Å². The predicted octanol–water partition coefficient (Wildman–Crippen LogP) is 1.98. The minimum atomic E-state index is -3.35. The maximum absolute atomic E-state index is 13.1. The van der Waals surface area contributed by atoms with Crippen LogP contribution < -0.4 is 5.32 Å². The summed E-state index contributed by atoms with van der Waals surface area (Å²) in [7, 11) is -3.35. The zero-order valence-electron chi connectivity index (χ0n) is 12.4. The largest absolute Gasteiger partial charge is 0.317 e. The van der Waals surface area contributed by atoms with Crippen molar-refractivity contribution in [1.82, 2.24) is 9.62 Å². The van der Waals surface area contributed by atoms with Crippen molar-refractivity contribution < 1.29 is 12.8 Å². The molecule has 1 heterocycles. The fraction of sp³-hybridized carbons (Fsp3) is 0.600. The monoisotopic (exact) mass is 314 g/mol. The Morgan fingerprint density at radius 3 is 2.67 bits per heavy atom. The van der Waals surface area contributed by atoms with Gasteiger partial charge in [0.15, 0.2) is 0 Å². The minimum Gasteiger partial charge on any atom is -0.317 e. The molecule has 1 aromatic carbocycles. The van der Waals surface area contributed by atoms with Crippen LogP contribution in [0.3, 0.4) is 0 Å². The topological polar surface area (TPSA) is 49.4 Å². The first-order valence-corrected chi connectivity index (χ1v) is 9.05. The van der Waals surface area contributed by atoms with Crippen LogP contribution in [0.1, 0.15) is 25.3 Å². The van der Waals surface area contributed by atoms with Crippen LogP contribution in [0.25, 0.3) is 0 Å². The quantitative estimate of drug-likeness (QED) is 0.873. The van der Waals surface area contributed by atoms with E-state index in [0.29, 0.717) is 24.6 Å². The molecule has 0 radical (unpaired) electrons. The molecular formula is C15H23FN2O2S. The van der Waals surface area contributed by atoms with E-state index >= 15 is 0 Å². The van der Waals surface area contributed by atoms with E-state index in [0.717, 1.165) is 25.9 Å². The van der Waals surface area contributed by atoms with Gasteiger partial charge in [-0.15, -0.1) is 0 Å². The SMILES string of the molecule is CCNCC1CCN(S(=O)(=O)Cc2cccc(F)c2)CC1. The minimum absolute atomic E-state index is 0.122. The fourth-order valence-corrected chi connectivity index (χ4v) is 4.22. The number of piperidine rings is 1. The number of rotatable bonds is 6. The van der Waals surface area contributed by atoms with E-state index in [-0.39, 0.29) is 5.75 Å². The van der Waals surface area contributed by atoms with E-state index in [1.807, 2.05) is 0 Å². The summed E-state index contributed by atoms with van der Waals surface area (Å²) in [5, 5.41) is 3.31. The molecular weight excluding hydrogens is 291 g/mol. The molecule has 0 unspecified atom stereocenters. The summed E-state index contributed by atoms with van der Waals surface area (Å²) in [6, 6.07) is 5.80. The highest BCUT2D eigenvalue weighted by atomic mass is 32.2. The van der Waals surface area contributed by atoms with Gasteiger partial charge in [0.25, 0.3) is 0 Å². The molecule has 1 aromatic rings. The molecule has 0 spiro atoms. The van der Waals surface area contributed by atoms with Crippen molar-refractivity contribution in [3.63, 3.8) is 0 Å². The van der Waals surface area contributed by atoms with Gasteiger partial charge >= 0.3 is 0 Å². The van der Waals surface area contributed by atoms with Crippen LogP contribution in [0.5, 0.6) is 0 Å². The average molecular weight is 314 g/mol. The summed E-state index contributed by atoms with van der Waals surface area (Å²) in [5.41, 5.74) is 0.504. The third-order valence-corrected chi connectivity index (χ3v) is 5.74. The zero-order chi connectivity index (χ0) is 15.3. The molecule has 0 atom stereocenters. The Morgan fingerprint density at radius 1 is 1.33 bits per heavy atom. The molecule has 21 heavy (non-hydrogen) atoms. The first-order chi connectivity index (χ1) is 10.0. The van der Waals surface area contributed by atoms with Crippen LogP contribution in [-0.2, 0) is 15.8 Å². The van der Waals surface area contributed by atoms with E-state index < -0.39 is 15.8 Å². The second-order valence-corrected chi connectivity index (χ2v) is 7.51. The smallest absolute Gasteiger partial charge is 0.218 e. The van der Waals surface area contributed by atoms with Gasteiger partial charge in [0, 0.05) is 13.1 Å². The predicted molar refractivity (Wildman–Crippen MR) is 81.9 cm³/mol. The maximum Gasteiger partial charge on any atom is 0.218 e. The van der Waals surface area contributed by atoms with Crippen molar-refractivity contribution in [3.8, 4) is 0 Å². The van der Waals surface area contributed by atoms with E-state index in [4.69, 9.17) is 0 Å². The first-order valence-electron chi connectivity index (χ1n) is 7.44. The van der Waals surface area contributed by atoms with Crippen LogP contribution in [-0.4, -0.2) is 38.9 Å². The lowest BCUT2D eigenvalue weighted by Gasteiger charge is -2.31. The fourth-order valence-electron chi connectivity index (χ4n) is 2.67. The van der Waals surface area contributed by atoms with Gasteiger partial charge in [-0.2, -0.15) is 0 Å². The highest BCUT2D eigenvalue weighted by Gasteiger charge is 2.27. The van der Waals surface area contributed by atoms with Gasteiger partial charge in [0.2, 0.25) is 10.0 Å². The van der Waals surface area contributed by atoms with Crippen molar-refractivity contribution in [2.45, 2.75) is 25.5 Å². The lowest BCUT2D eigenvalue weighted by Crippen LogP contribution is -2.41. The summed E-state index contributed by atoms with van der Waals surface area (Å²) in [5.74, 6) is 0.0282. The van der Waals surface area contributed by atoms with Crippen molar-refractivity contribution in [2.75, 3.05) is 26.2 Å². The molecule has 1 aliphatic rings. The summed E-state index contributed by atoms with van der Waals surface area (Å²) < 4.78 is 39.4. The second kappa shape index (κ2) is 7.33. The van der Waals surface area contributed by atoms with Gasteiger partial charge in [-0.25, -0.2) is 17.1 Å². The van der Waals surface area contributed by atoms with Gasteiger partial charge in [-0.1, -0.05) is 19.1 Å². The van der Waals surface area contributed by atoms with Crippen molar-refractivity contribution >= 4 is 10.0 Å². The Hall–Kier alpha value is -0.980. The Labute approximate surface area is 126 Å². The van der Waals surface area contributed by atoms with Crippen LogP contribution >= 0.6 is 0 Å². The van der Waals surface area contributed by atoms with Gasteiger partial charge < -0.3 is 5.32 Å². The number of nitrogens with zero attached hydrogens (tertiary/aromatic N) is 1. The zero-order valence-corrected chi connectivity index (χ0v) is 13.2. The van der Waals surface area contributed by atoms with Crippen LogP contribution in [0.2, 0.25) is 0 Å². The number of benzene rings is 1. The summed E-state index contributed by atoms with van der Waals surface area (Å²) in [6.07, 6.45) is 1.77. The number of nitrogens with one attached hydrogen (secondary N) is 1. The molecule has 1 saturated heterocycles. The van der Waals surface area contributed by atoms with E-state index in [1.165, 1.54) is 12.1 Å². The molecule has 4 nitrogen and oxygen atoms in total. The Balaban J connectivity index is 1.92. The summed E-state index contributed by atoms with van der Waals surface area (Å²) in [6.45, 7) is 5.09. The summed E-state index contributed by atoms with van der Waals surface area (Å²) >= 11 is 0. The standard InChI is InChI=1S/C15H23FN2O2S/c1-2-17-11-13-6-8-18(9-7-13)21(19,20)12-14-4-3-5-15(16)10-14/h3-5,10,13,17H,2,6-9,11-12H2,1H3. The highest BCUT2D eigenvalue weighted by molar-refractivity contribution is 7.88. The molecule has 6 heteroatoms. The van der Waals surface area contributed by atoms with E-state index in [1.54, 1.807) is 16.4 Å². The summed E-state index contributed by atoms with van der Waals surface area (Å²) in [4.78, 5) is 0. The normalized spacial score (nSPS) is 18.0. The molecule has 0 aliphatic carbocycles. The van der Waals surface area contributed by atoms with E-state index in [2.05, 4.69) is 12.2 Å². The lowest BCUT2D eigenvalue weighted by atomic mass is 9.98. The van der Waals surface area contributed by atoms with Crippen LogP contribution in [0.15, 0.2) is 24.3 Å². The Bertz CT molecular complexity index is 555. The van der Waals surface area contributed by atoms with Crippen LogP contribution in [0.4, 0.5) is 4.39 Å². The molecule has 0 aromatic heterocycles. The Morgan fingerprint density at radius 2 is 2.05 bits per heavy atom. The van der Waals surface area contributed by atoms with Crippen molar-refractivity contribution in [3.05, 3.63) is 35.6 Å². The number of halogens is 1. The van der Waals surface area contributed by atoms with Gasteiger partial charge in [-0.3, -0.25) is 0 Å². The molecule has 118 valence electrons. The number of hydrogen-bond donors (Lipinski definition) is 1. The number of sulfonamides is 1. The van der Waals surface area contributed by atoms with Crippen molar-refractivity contribution in [2.24, 2.45) is 5.92 Å². The molecule has 1 N–H and O–H groups in total. The lowest BCUT2D eigenvalue weighted by molar-refractivity contribution is 0.268. The second-order valence-electron chi connectivity index (χ2n) is 5.54. The molecule has 0 amide bonds. The molecule has 1 fully saturated rings. The number of hydrogen-bond acceptors (Lipinski definition) is 3. The van der Waals surface area contributed by atoms with Gasteiger partial charge in [0.1, 0.15) is 5.82 Å². The maximum atomic E-state index is 13.1. The van der Waals surface area contributed by atoms with Crippen molar-refractivity contribution in [1.29, 1.82) is 0 Å². The van der Waals surface area contributed by atoms with Gasteiger partial charge in [-0.05, 0) is 49.5 Å². The molecule has 0 saturated carbocycles. The Kier molecular flexibility index (Phi) is 5.72. The third kappa shape index (κ3) is 4.76. The molecule has 1 aliphatic heterocycles. The molecule has 2 rings (SSSR count).